The molecular weight excluding hydrogens is 302 g/mol. The number of amides is 1. The Morgan fingerprint density at radius 2 is 1.48 bits per heavy atom. The highest BCUT2D eigenvalue weighted by Crippen LogP contribution is 2.36. The van der Waals surface area contributed by atoms with Crippen molar-refractivity contribution in [1.29, 1.82) is 0 Å². The van der Waals surface area contributed by atoms with Crippen LogP contribution in [0.15, 0.2) is 90.9 Å². The predicted molar refractivity (Wildman–Crippen MR) is 98.5 cm³/mol. The van der Waals surface area contributed by atoms with Gasteiger partial charge < -0.3 is 4.90 Å². The largest absolute Gasteiger partial charge is 0.334 e. The van der Waals surface area contributed by atoms with Gasteiger partial charge in [-0.2, -0.15) is 0 Å². The van der Waals surface area contributed by atoms with Gasteiger partial charge in [0.2, 0.25) is 5.91 Å². The van der Waals surface area contributed by atoms with Crippen molar-refractivity contribution < 1.29 is 4.79 Å². The van der Waals surface area contributed by atoms with Gasteiger partial charge in [-0.1, -0.05) is 60.7 Å². The second-order valence-electron chi connectivity index (χ2n) is 5.04. The lowest BCUT2D eigenvalue weighted by atomic mass is 10.1. The summed E-state index contributed by atoms with van der Waals surface area (Å²) < 4.78 is 0. The Morgan fingerprint density at radius 1 is 0.957 bits per heavy atom. The van der Waals surface area contributed by atoms with Crippen LogP contribution in [0.5, 0.6) is 0 Å². The minimum absolute atomic E-state index is 0.0739. The summed E-state index contributed by atoms with van der Waals surface area (Å²) in [5.74, 6) is 0.0739. The molecule has 1 amide bonds. The summed E-state index contributed by atoms with van der Waals surface area (Å²) in [6.45, 7) is 8.53. The van der Waals surface area contributed by atoms with Crippen LogP contribution in [-0.2, 0) is 4.79 Å². The molecule has 0 aromatic heterocycles. The van der Waals surface area contributed by atoms with E-state index in [-0.39, 0.29) is 11.2 Å². The van der Waals surface area contributed by atoms with E-state index in [9.17, 15) is 4.79 Å². The van der Waals surface area contributed by atoms with Crippen LogP contribution >= 0.6 is 11.8 Å². The summed E-state index contributed by atoms with van der Waals surface area (Å²) in [6.07, 6.45) is 3.49. The van der Waals surface area contributed by atoms with E-state index in [0.717, 1.165) is 10.5 Å². The first-order valence-corrected chi connectivity index (χ1v) is 8.41. The Kier molecular flexibility index (Phi) is 6.70. The first kappa shape index (κ1) is 17.1. The van der Waals surface area contributed by atoms with Gasteiger partial charge in [0.25, 0.3) is 0 Å². The van der Waals surface area contributed by atoms with Crippen molar-refractivity contribution in [2.45, 2.75) is 10.1 Å². The predicted octanol–water partition coefficient (Wildman–Crippen LogP) is 4.72. The van der Waals surface area contributed by atoms with E-state index in [1.165, 1.54) is 0 Å². The molecule has 23 heavy (non-hydrogen) atoms. The molecule has 0 N–H and O–H groups in total. The summed E-state index contributed by atoms with van der Waals surface area (Å²) in [7, 11) is 0. The first-order valence-electron chi connectivity index (χ1n) is 7.53. The smallest absolute Gasteiger partial charge is 0.241 e. The SMILES string of the molecule is C=CCN(CC=C)C(=O)[C@@H](Sc1ccccc1)c1ccccc1. The minimum Gasteiger partial charge on any atom is -0.334 e. The number of benzene rings is 2. The molecule has 0 unspecified atom stereocenters. The van der Waals surface area contributed by atoms with E-state index in [4.69, 9.17) is 0 Å². The molecule has 2 rings (SSSR count). The molecule has 0 aliphatic rings. The zero-order valence-corrected chi connectivity index (χ0v) is 13.9. The zero-order chi connectivity index (χ0) is 16.5. The highest BCUT2D eigenvalue weighted by Gasteiger charge is 2.25. The molecule has 0 aliphatic heterocycles. The van der Waals surface area contributed by atoms with E-state index in [1.807, 2.05) is 60.7 Å². The molecule has 1 atom stereocenters. The molecule has 0 bridgehead atoms. The molecule has 0 spiro atoms. The topological polar surface area (TPSA) is 20.3 Å². The highest BCUT2D eigenvalue weighted by molar-refractivity contribution is 8.00. The van der Waals surface area contributed by atoms with Crippen molar-refractivity contribution in [2.24, 2.45) is 0 Å². The lowest BCUT2D eigenvalue weighted by Crippen LogP contribution is -2.34. The molecule has 0 saturated heterocycles. The van der Waals surface area contributed by atoms with Gasteiger partial charge in [-0.05, 0) is 17.7 Å². The van der Waals surface area contributed by atoms with Gasteiger partial charge in [-0.15, -0.1) is 24.9 Å². The second kappa shape index (κ2) is 9.01. The monoisotopic (exact) mass is 323 g/mol. The lowest BCUT2D eigenvalue weighted by molar-refractivity contribution is -0.129. The van der Waals surface area contributed by atoms with E-state index < -0.39 is 0 Å². The van der Waals surface area contributed by atoms with Gasteiger partial charge in [-0.3, -0.25) is 4.79 Å². The molecule has 0 fully saturated rings. The molecule has 2 aromatic rings. The summed E-state index contributed by atoms with van der Waals surface area (Å²) in [5, 5.41) is -0.279. The first-order chi connectivity index (χ1) is 11.3. The van der Waals surface area contributed by atoms with Crippen LogP contribution in [0.1, 0.15) is 10.8 Å². The Morgan fingerprint density at radius 3 is 2.00 bits per heavy atom. The van der Waals surface area contributed by atoms with Crippen LogP contribution < -0.4 is 0 Å². The van der Waals surface area contributed by atoms with Crippen LogP contribution in [0.4, 0.5) is 0 Å². The number of rotatable bonds is 8. The lowest BCUT2D eigenvalue weighted by Gasteiger charge is -2.25. The number of thioether (sulfide) groups is 1. The molecule has 0 aliphatic carbocycles. The summed E-state index contributed by atoms with van der Waals surface area (Å²) in [6, 6.07) is 19.9. The molecule has 3 heteroatoms. The second-order valence-corrected chi connectivity index (χ2v) is 6.22. The van der Waals surface area contributed by atoms with Crippen molar-refractivity contribution in [3.8, 4) is 0 Å². The van der Waals surface area contributed by atoms with E-state index in [0.29, 0.717) is 13.1 Å². The Labute approximate surface area is 142 Å². The maximum Gasteiger partial charge on any atom is 0.241 e. The maximum absolute atomic E-state index is 13.0. The quantitative estimate of drug-likeness (QED) is 0.517. The fourth-order valence-corrected chi connectivity index (χ4v) is 3.39. The third-order valence-electron chi connectivity index (χ3n) is 3.33. The highest BCUT2D eigenvalue weighted by atomic mass is 32.2. The molecular formula is C20H21NOS. The van der Waals surface area contributed by atoms with Gasteiger partial charge in [0.1, 0.15) is 5.25 Å². The van der Waals surface area contributed by atoms with Crippen LogP contribution in [-0.4, -0.2) is 23.9 Å². The number of hydrogen-bond acceptors (Lipinski definition) is 2. The number of nitrogens with zero attached hydrogens (tertiary/aromatic N) is 1. The Hall–Kier alpha value is -2.26. The standard InChI is InChI=1S/C20H21NOS/c1-3-15-21(16-4-2)20(22)19(17-11-7-5-8-12-17)23-18-13-9-6-10-14-18/h3-14,19H,1-2,15-16H2/t19-/m0/s1. The Balaban J connectivity index is 2.30. The van der Waals surface area contributed by atoms with Crippen LogP contribution in [0.3, 0.4) is 0 Å². The zero-order valence-electron chi connectivity index (χ0n) is 13.1. The Bertz CT molecular complexity index is 629. The molecule has 2 nitrogen and oxygen atoms in total. The maximum atomic E-state index is 13.0. The molecule has 0 saturated carbocycles. The fraction of sp³-hybridized carbons (Fsp3) is 0.150. The molecule has 0 radical (unpaired) electrons. The molecule has 118 valence electrons. The van der Waals surface area contributed by atoms with E-state index in [1.54, 1.807) is 28.8 Å². The van der Waals surface area contributed by atoms with Gasteiger partial charge in [0.15, 0.2) is 0 Å². The van der Waals surface area contributed by atoms with Crippen molar-refractivity contribution >= 4 is 17.7 Å². The third-order valence-corrected chi connectivity index (χ3v) is 4.59. The number of carbonyl (C=O) groups is 1. The van der Waals surface area contributed by atoms with Gasteiger partial charge in [0, 0.05) is 18.0 Å². The van der Waals surface area contributed by atoms with E-state index in [2.05, 4.69) is 13.2 Å². The van der Waals surface area contributed by atoms with Crippen LogP contribution in [0, 0.1) is 0 Å². The van der Waals surface area contributed by atoms with Gasteiger partial charge in [-0.25, -0.2) is 0 Å². The van der Waals surface area contributed by atoms with E-state index >= 15 is 0 Å². The van der Waals surface area contributed by atoms with Crippen molar-refractivity contribution in [2.75, 3.05) is 13.1 Å². The fourth-order valence-electron chi connectivity index (χ4n) is 2.26. The third kappa shape index (κ3) is 4.86. The average Bonchev–Trinajstić information content (AvgIpc) is 2.60. The summed E-state index contributed by atoms with van der Waals surface area (Å²) in [5.41, 5.74) is 1.00. The number of hydrogen-bond donors (Lipinski definition) is 0. The normalized spacial score (nSPS) is 11.5. The summed E-state index contributed by atoms with van der Waals surface area (Å²) >= 11 is 1.57. The summed E-state index contributed by atoms with van der Waals surface area (Å²) in [4.78, 5) is 15.9. The average molecular weight is 323 g/mol. The van der Waals surface area contributed by atoms with Crippen molar-refractivity contribution in [1.82, 2.24) is 4.90 Å². The van der Waals surface area contributed by atoms with Gasteiger partial charge in [0.05, 0.1) is 0 Å². The number of carbonyl (C=O) groups excluding carboxylic acids is 1. The van der Waals surface area contributed by atoms with Gasteiger partial charge >= 0.3 is 0 Å². The molecule has 2 aromatic carbocycles. The van der Waals surface area contributed by atoms with Crippen LogP contribution in [0.25, 0.3) is 0 Å². The molecule has 0 heterocycles. The van der Waals surface area contributed by atoms with Crippen molar-refractivity contribution in [3.63, 3.8) is 0 Å². The minimum atomic E-state index is -0.279. The van der Waals surface area contributed by atoms with Crippen LogP contribution in [0.2, 0.25) is 0 Å². The van der Waals surface area contributed by atoms with Crippen molar-refractivity contribution in [3.05, 3.63) is 91.5 Å².